The van der Waals surface area contributed by atoms with Crippen LogP contribution < -0.4 is 9.80 Å². The molecule has 7 heteroatoms. The summed E-state index contributed by atoms with van der Waals surface area (Å²) in [6, 6.07) is 25.1. The van der Waals surface area contributed by atoms with Gasteiger partial charge < -0.3 is 9.80 Å². The van der Waals surface area contributed by atoms with E-state index in [9.17, 15) is 4.79 Å². The quantitative estimate of drug-likeness (QED) is 0.176. The van der Waals surface area contributed by atoms with Gasteiger partial charge in [0.25, 0.3) is 0 Å². The Morgan fingerprint density at radius 3 is 2.19 bits per heavy atom. The average molecular weight is 557 g/mol. The standard InChI is InChI=1S/C35H36N6O/c42-31(10-6-2-5-9-27-7-3-1-4-8-27)23-28-11-13-29(14-12-28)30-15-16-32-33(24-30)39-35(26-38-32)41-21-19-40(20-22-41)34-25-36-17-18-37-34/h1,3-4,7-8,11-18,24-26H,2,5-6,9-10,19-23H2. The van der Waals surface area contributed by atoms with Crippen molar-refractivity contribution in [2.75, 3.05) is 36.0 Å². The maximum atomic E-state index is 12.6. The third-order valence-corrected chi connectivity index (χ3v) is 7.96. The van der Waals surface area contributed by atoms with Gasteiger partial charge in [-0.3, -0.25) is 14.8 Å². The van der Waals surface area contributed by atoms with Gasteiger partial charge in [-0.25, -0.2) is 9.97 Å². The molecule has 6 rings (SSSR count). The van der Waals surface area contributed by atoms with Crippen LogP contribution in [-0.2, 0) is 17.6 Å². The van der Waals surface area contributed by atoms with Crippen molar-refractivity contribution in [3.8, 4) is 11.1 Å². The number of nitrogens with zero attached hydrogens (tertiary/aromatic N) is 6. The van der Waals surface area contributed by atoms with Gasteiger partial charge in [0.05, 0.1) is 23.4 Å². The van der Waals surface area contributed by atoms with Crippen molar-refractivity contribution in [3.63, 3.8) is 0 Å². The zero-order valence-electron chi connectivity index (χ0n) is 23.9. The van der Waals surface area contributed by atoms with E-state index >= 15 is 0 Å². The van der Waals surface area contributed by atoms with Gasteiger partial charge in [-0.1, -0.05) is 67.1 Å². The largest absolute Gasteiger partial charge is 0.352 e. The van der Waals surface area contributed by atoms with Crippen LogP contribution in [0.1, 0.15) is 36.8 Å². The number of carbonyl (C=O) groups is 1. The predicted octanol–water partition coefficient (Wildman–Crippen LogP) is 6.33. The molecule has 0 unspecified atom stereocenters. The molecule has 0 radical (unpaired) electrons. The summed E-state index contributed by atoms with van der Waals surface area (Å²) in [6.07, 6.45) is 12.5. The summed E-state index contributed by atoms with van der Waals surface area (Å²) in [5.74, 6) is 2.12. The molecule has 0 amide bonds. The molecule has 3 heterocycles. The highest BCUT2D eigenvalue weighted by atomic mass is 16.1. The first kappa shape index (κ1) is 27.5. The van der Waals surface area contributed by atoms with Gasteiger partial charge in [-0.2, -0.15) is 0 Å². The lowest BCUT2D eigenvalue weighted by Crippen LogP contribution is -2.47. The van der Waals surface area contributed by atoms with E-state index in [1.807, 2.05) is 24.5 Å². The van der Waals surface area contributed by atoms with Crippen molar-refractivity contribution >= 4 is 28.5 Å². The number of unbranched alkanes of at least 4 members (excludes halogenated alkanes) is 2. The summed E-state index contributed by atoms with van der Waals surface area (Å²) in [5.41, 5.74) is 6.41. The maximum Gasteiger partial charge on any atom is 0.147 e. The Labute approximate surface area is 247 Å². The second-order valence-corrected chi connectivity index (χ2v) is 10.9. The number of ketones is 1. The Morgan fingerprint density at radius 1 is 0.667 bits per heavy atom. The third-order valence-electron chi connectivity index (χ3n) is 7.96. The second-order valence-electron chi connectivity index (χ2n) is 10.9. The predicted molar refractivity (Wildman–Crippen MR) is 169 cm³/mol. The topological polar surface area (TPSA) is 75.1 Å². The Morgan fingerprint density at radius 2 is 1.43 bits per heavy atom. The number of hydrogen-bond donors (Lipinski definition) is 0. The molecule has 1 saturated heterocycles. The lowest BCUT2D eigenvalue weighted by molar-refractivity contribution is -0.118. The first-order valence-electron chi connectivity index (χ1n) is 14.9. The molecule has 0 N–H and O–H groups in total. The van der Waals surface area contributed by atoms with Crippen LogP contribution >= 0.6 is 0 Å². The molecule has 3 aromatic carbocycles. The molecule has 5 aromatic rings. The van der Waals surface area contributed by atoms with Crippen LogP contribution in [0.4, 0.5) is 11.6 Å². The number of Topliss-reactive ketones (excluding diaryl/α,β-unsaturated/α-hetero) is 1. The van der Waals surface area contributed by atoms with Gasteiger partial charge >= 0.3 is 0 Å². The highest BCUT2D eigenvalue weighted by Crippen LogP contribution is 2.25. The zero-order valence-corrected chi connectivity index (χ0v) is 23.9. The van der Waals surface area contributed by atoms with Crippen molar-refractivity contribution in [3.05, 3.63) is 109 Å². The number of anilines is 2. The Hall–Kier alpha value is -4.65. The number of piperazine rings is 1. The summed E-state index contributed by atoms with van der Waals surface area (Å²) in [4.78, 5) is 35.4. The van der Waals surface area contributed by atoms with Gasteiger partial charge in [-0.15, -0.1) is 0 Å². The van der Waals surface area contributed by atoms with Crippen molar-refractivity contribution in [2.24, 2.45) is 0 Å². The smallest absolute Gasteiger partial charge is 0.147 e. The number of carbonyl (C=O) groups excluding carboxylic acids is 1. The SMILES string of the molecule is O=C(CCCCCc1ccccc1)Cc1ccc(-c2ccc3ncc(N4CCN(c5cnccn5)CC4)nc3c2)cc1. The highest BCUT2D eigenvalue weighted by molar-refractivity contribution is 5.83. The molecule has 2 aromatic heterocycles. The van der Waals surface area contributed by atoms with Crippen LogP contribution in [0.25, 0.3) is 22.2 Å². The van der Waals surface area contributed by atoms with E-state index in [2.05, 4.69) is 85.4 Å². The van der Waals surface area contributed by atoms with Crippen LogP contribution in [-0.4, -0.2) is 51.9 Å². The lowest BCUT2D eigenvalue weighted by atomic mass is 9.99. The van der Waals surface area contributed by atoms with Crippen molar-refractivity contribution in [1.29, 1.82) is 0 Å². The molecule has 0 atom stereocenters. The van der Waals surface area contributed by atoms with Crippen molar-refractivity contribution in [2.45, 2.75) is 38.5 Å². The number of aromatic nitrogens is 4. The normalized spacial score (nSPS) is 13.4. The van der Waals surface area contributed by atoms with Crippen molar-refractivity contribution < 1.29 is 4.79 Å². The van der Waals surface area contributed by atoms with E-state index in [1.54, 1.807) is 12.4 Å². The van der Waals surface area contributed by atoms with E-state index in [1.165, 1.54) is 5.56 Å². The Balaban J connectivity index is 1.02. The summed E-state index contributed by atoms with van der Waals surface area (Å²) < 4.78 is 0. The van der Waals surface area contributed by atoms with Crippen LogP contribution in [0.3, 0.4) is 0 Å². The maximum absolute atomic E-state index is 12.6. The minimum Gasteiger partial charge on any atom is -0.352 e. The summed E-state index contributed by atoms with van der Waals surface area (Å²) in [7, 11) is 0. The molecule has 0 bridgehead atoms. The molecular formula is C35H36N6O. The minimum atomic E-state index is 0.313. The molecule has 0 aliphatic carbocycles. The number of aryl methyl sites for hydroxylation is 1. The third kappa shape index (κ3) is 6.97. The van der Waals surface area contributed by atoms with Gasteiger partial charge in [0.2, 0.25) is 0 Å². The van der Waals surface area contributed by atoms with Gasteiger partial charge in [0.1, 0.15) is 17.4 Å². The van der Waals surface area contributed by atoms with Crippen LogP contribution in [0.15, 0.2) is 97.6 Å². The Kier molecular flexibility index (Phi) is 8.74. The van der Waals surface area contributed by atoms with Gasteiger partial charge in [0.15, 0.2) is 0 Å². The summed E-state index contributed by atoms with van der Waals surface area (Å²) in [5, 5.41) is 0. The lowest BCUT2D eigenvalue weighted by Gasteiger charge is -2.35. The summed E-state index contributed by atoms with van der Waals surface area (Å²) >= 11 is 0. The number of benzene rings is 3. The molecule has 212 valence electrons. The van der Waals surface area contributed by atoms with E-state index in [4.69, 9.17) is 4.98 Å². The van der Waals surface area contributed by atoms with Gasteiger partial charge in [0, 0.05) is 51.4 Å². The van der Waals surface area contributed by atoms with Crippen LogP contribution in [0, 0.1) is 0 Å². The highest BCUT2D eigenvalue weighted by Gasteiger charge is 2.20. The Bertz CT molecular complexity index is 1600. The number of fused-ring (bicyclic) bond motifs is 1. The average Bonchev–Trinajstić information content (AvgIpc) is 3.05. The molecule has 1 aliphatic rings. The van der Waals surface area contributed by atoms with Crippen LogP contribution in [0.5, 0.6) is 0 Å². The second kappa shape index (κ2) is 13.3. The molecule has 1 fully saturated rings. The van der Waals surface area contributed by atoms with Gasteiger partial charge in [-0.05, 0) is 53.6 Å². The molecular weight excluding hydrogens is 520 g/mol. The van der Waals surface area contributed by atoms with E-state index in [-0.39, 0.29) is 0 Å². The molecule has 0 saturated carbocycles. The fourth-order valence-corrected chi connectivity index (χ4v) is 5.56. The minimum absolute atomic E-state index is 0.313. The van der Waals surface area contributed by atoms with E-state index in [0.717, 1.165) is 91.2 Å². The first-order valence-corrected chi connectivity index (χ1v) is 14.9. The number of hydrogen-bond acceptors (Lipinski definition) is 7. The molecule has 0 spiro atoms. The van der Waals surface area contributed by atoms with E-state index in [0.29, 0.717) is 18.6 Å². The summed E-state index contributed by atoms with van der Waals surface area (Å²) in [6.45, 7) is 3.43. The first-order chi connectivity index (χ1) is 20.7. The molecule has 7 nitrogen and oxygen atoms in total. The fraction of sp³-hybridized carbons (Fsp3) is 0.286. The van der Waals surface area contributed by atoms with Crippen molar-refractivity contribution in [1.82, 2.24) is 19.9 Å². The van der Waals surface area contributed by atoms with Crippen LogP contribution in [0.2, 0.25) is 0 Å². The monoisotopic (exact) mass is 556 g/mol. The fourth-order valence-electron chi connectivity index (χ4n) is 5.56. The number of rotatable bonds is 11. The molecule has 1 aliphatic heterocycles. The van der Waals surface area contributed by atoms with E-state index < -0.39 is 0 Å². The molecule has 42 heavy (non-hydrogen) atoms. The zero-order chi connectivity index (χ0) is 28.6.